The quantitative estimate of drug-likeness (QED) is 0.200. The molecule has 1 aromatic carbocycles. The van der Waals surface area contributed by atoms with Crippen LogP contribution >= 0.6 is 0 Å². The van der Waals surface area contributed by atoms with Crippen LogP contribution in [-0.4, -0.2) is 77.9 Å². The molecule has 0 saturated carbocycles. The van der Waals surface area contributed by atoms with Crippen LogP contribution in [0.25, 0.3) is 33.5 Å². The Morgan fingerprint density at radius 1 is 1.07 bits per heavy atom. The van der Waals surface area contributed by atoms with Crippen LogP contribution in [0.15, 0.2) is 67.0 Å². The molecule has 1 amide bonds. The standard InChI is InChI=1S/C32H36N10O2/c1-20(24-6-3-7-27(37-24)36-23-10-15-42(16-11-23)17-18-43)35-32(44)30-31(33)39-29(26-12-14-41(2)40-26)28(38-30)22-8-9-25-21(19-22)5-4-13-34-25/h3-9,12-14,19-20,23,43H,10-11,15-18H2,1-2H3,(H2,33,39)(H,35,44)(H,36,37). The molecule has 12 nitrogen and oxygen atoms in total. The van der Waals surface area contributed by atoms with Gasteiger partial charge in [-0.05, 0) is 56.2 Å². The van der Waals surface area contributed by atoms with Crippen molar-refractivity contribution in [2.45, 2.75) is 31.8 Å². The van der Waals surface area contributed by atoms with Crippen molar-refractivity contribution in [3.63, 3.8) is 0 Å². The van der Waals surface area contributed by atoms with E-state index in [1.54, 1.807) is 10.9 Å². The minimum atomic E-state index is -0.449. The number of aryl methyl sites for hydroxylation is 1. The Morgan fingerprint density at radius 3 is 2.68 bits per heavy atom. The number of aromatic nitrogens is 6. The highest BCUT2D eigenvalue weighted by molar-refractivity contribution is 5.98. The Morgan fingerprint density at radius 2 is 1.91 bits per heavy atom. The second kappa shape index (κ2) is 12.7. The third-order valence-electron chi connectivity index (χ3n) is 7.89. The molecule has 1 saturated heterocycles. The minimum Gasteiger partial charge on any atom is -0.395 e. The number of nitrogens with zero attached hydrogens (tertiary/aromatic N) is 7. The normalized spacial score (nSPS) is 14.9. The molecule has 226 valence electrons. The van der Waals surface area contributed by atoms with E-state index >= 15 is 0 Å². The maximum absolute atomic E-state index is 13.6. The molecule has 5 heterocycles. The molecule has 5 N–H and O–H groups in total. The van der Waals surface area contributed by atoms with E-state index < -0.39 is 11.9 Å². The number of aliphatic hydroxyl groups excluding tert-OH is 1. The first kappa shape index (κ1) is 29.1. The van der Waals surface area contributed by atoms with Gasteiger partial charge in [-0.3, -0.25) is 14.5 Å². The molecular weight excluding hydrogens is 556 g/mol. The summed E-state index contributed by atoms with van der Waals surface area (Å²) in [5.41, 5.74) is 10.3. The van der Waals surface area contributed by atoms with Crippen LogP contribution in [0.4, 0.5) is 11.6 Å². The number of fused-ring (bicyclic) bond motifs is 1. The zero-order valence-electron chi connectivity index (χ0n) is 24.8. The summed E-state index contributed by atoms with van der Waals surface area (Å²) in [6, 6.07) is 17.1. The van der Waals surface area contributed by atoms with E-state index in [1.165, 1.54) is 0 Å². The molecule has 1 aliphatic heterocycles. The van der Waals surface area contributed by atoms with Crippen molar-refractivity contribution in [3.8, 4) is 22.6 Å². The van der Waals surface area contributed by atoms with Crippen molar-refractivity contribution in [1.29, 1.82) is 0 Å². The summed E-state index contributed by atoms with van der Waals surface area (Å²) in [6.45, 7) is 4.63. The molecular formula is C32H36N10O2. The van der Waals surface area contributed by atoms with Crippen molar-refractivity contribution < 1.29 is 9.90 Å². The Kier molecular flexibility index (Phi) is 8.44. The zero-order valence-corrected chi connectivity index (χ0v) is 24.8. The number of β-amino-alcohol motifs (C(OH)–C–C–N with tert-alkyl or cyclic N) is 1. The summed E-state index contributed by atoms with van der Waals surface area (Å²) in [5.74, 6) is 0.323. The van der Waals surface area contributed by atoms with Gasteiger partial charge in [-0.2, -0.15) is 5.10 Å². The number of nitrogens with one attached hydrogen (secondary N) is 2. The fraction of sp³-hybridized carbons (Fsp3) is 0.312. The molecule has 4 aromatic heterocycles. The van der Waals surface area contributed by atoms with Gasteiger partial charge >= 0.3 is 0 Å². The molecule has 1 atom stereocenters. The number of aliphatic hydroxyl groups is 1. The lowest BCUT2D eigenvalue weighted by atomic mass is 10.0. The highest BCUT2D eigenvalue weighted by Gasteiger charge is 2.24. The number of hydrogen-bond acceptors (Lipinski definition) is 10. The molecule has 1 fully saturated rings. The highest BCUT2D eigenvalue weighted by atomic mass is 16.3. The van der Waals surface area contributed by atoms with E-state index in [9.17, 15) is 9.90 Å². The number of anilines is 2. The monoisotopic (exact) mass is 592 g/mol. The summed E-state index contributed by atoms with van der Waals surface area (Å²) < 4.78 is 1.68. The van der Waals surface area contributed by atoms with Crippen molar-refractivity contribution in [1.82, 2.24) is 39.9 Å². The van der Waals surface area contributed by atoms with Gasteiger partial charge in [-0.15, -0.1) is 0 Å². The molecule has 0 spiro atoms. The SMILES string of the molecule is CC(NC(=O)c1nc(-c2ccc3ncccc3c2)c(-c2ccn(C)n2)nc1N)c1cccc(NC2CCN(CCO)CC2)n1. The molecule has 1 unspecified atom stereocenters. The molecule has 0 radical (unpaired) electrons. The fourth-order valence-corrected chi connectivity index (χ4v) is 5.52. The van der Waals surface area contributed by atoms with Gasteiger partial charge in [-0.25, -0.2) is 15.0 Å². The molecule has 1 aliphatic rings. The maximum atomic E-state index is 13.6. The van der Waals surface area contributed by atoms with Crippen molar-refractivity contribution in [2.24, 2.45) is 7.05 Å². The molecule has 44 heavy (non-hydrogen) atoms. The van der Waals surface area contributed by atoms with Crippen LogP contribution in [0, 0.1) is 0 Å². The Labute approximate surface area is 255 Å². The number of benzene rings is 1. The van der Waals surface area contributed by atoms with Crippen LogP contribution in [0.2, 0.25) is 0 Å². The number of hydrogen-bond donors (Lipinski definition) is 4. The Bertz CT molecular complexity index is 1780. The summed E-state index contributed by atoms with van der Waals surface area (Å²) >= 11 is 0. The van der Waals surface area contributed by atoms with Crippen LogP contribution in [-0.2, 0) is 7.05 Å². The average Bonchev–Trinajstić information content (AvgIpc) is 3.47. The third-order valence-corrected chi connectivity index (χ3v) is 7.89. The molecule has 6 rings (SSSR count). The first-order valence-electron chi connectivity index (χ1n) is 14.8. The summed E-state index contributed by atoms with van der Waals surface area (Å²) in [7, 11) is 1.82. The Balaban J connectivity index is 1.24. The van der Waals surface area contributed by atoms with Crippen LogP contribution in [0.3, 0.4) is 0 Å². The molecule has 0 aliphatic carbocycles. The van der Waals surface area contributed by atoms with Gasteiger partial charge in [0.1, 0.15) is 17.2 Å². The van der Waals surface area contributed by atoms with Gasteiger partial charge < -0.3 is 26.4 Å². The maximum Gasteiger partial charge on any atom is 0.274 e. The smallest absolute Gasteiger partial charge is 0.274 e. The fourth-order valence-electron chi connectivity index (χ4n) is 5.52. The Hall–Kier alpha value is -4.94. The van der Waals surface area contributed by atoms with E-state index in [0.29, 0.717) is 35.4 Å². The first-order chi connectivity index (χ1) is 21.4. The zero-order chi connectivity index (χ0) is 30.6. The summed E-state index contributed by atoms with van der Waals surface area (Å²) in [5, 5.41) is 21.2. The minimum absolute atomic E-state index is 0.0116. The number of amides is 1. The highest BCUT2D eigenvalue weighted by Crippen LogP contribution is 2.32. The number of likely N-dealkylation sites (tertiary alicyclic amines) is 1. The second-order valence-electron chi connectivity index (χ2n) is 11.1. The van der Waals surface area contributed by atoms with Gasteiger partial charge in [0.15, 0.2) is 11.5 Å². The molecule has 5 aromatic rings. The lowest BCUT2D eigenvalue weighted by Gasteiger charge is -2.32. The number of carbonyl (C=O) groups is 1. The van der Waals surface area contributed by atoms with E-state index in [-0.39, 0.29) is 18.1 Å². The van der Waals surface area contributed by atoms with Gasteiger partial charge in [0, 0.05) is 56.1 Å². The van der Waals surface area contributed by atoms with E-state index in [2.05, 4.69) is 30.6 Å². The van der Waals surface area contributed by atoms with Gasteiger partial charge in [0.2, 0.25) is 0 Å². The second-order valence-corrected chi connectivity index (χ2v) is 11.1. The topological polar surface area (TPSA) is 160 Å². The van der Waals surface area contributed by atoms with Gasteiger partial charge in [-0.1, -0.05) is 18.2 Å². The average molecular weight is 593 g/mol. The number of nitrogens with two attached hydrogens (primary N) is 1. The van der Waals surface area contributed by atoms with Crippen molar-refractivity contribution >= 4 is 28.4 Å². The van der Waals surface area contributed by atoms with Crippen molar-refractivity contribution in [3.05, 3.63) is 78.4 Å². The number of nitrogen functional groups attached to an aromatic ring is 1. The van der Waals surface area contributed by atoms with Gasteiger partial charge in [0.25, 0.3) is 5.91 Å². The van der Waals surface area contributed by atoms with Gasteiger partial charge in [0.05, 0.1) is 29.6 Å². The van der Waals surface area contributed by atoms with Crippen molar-refractivity contribution in [2.75, 3.05) is 37.3 Å². The summed E-state index contributed by atoms with van der Waals surface area (Å²) in [6.07, 6.45) is 5.51. The molecule has 0 bridgehead atoms. The third kappa shape index (κ3) is 6.36. The summed E-state index contributed by atoms with van der Waals surface area (Å²) in [4.78, 5) is 34.5. The number of pyridine rings is 2. The van der Waals surface area contributed by atoms with Crippen LogP contribution < -0.4 is 16.4 Å². The van der Waals surface area contributed by atoms with E-state index in [1.807, 2.05) is 74.8 Å². The largest absolute Gasteiger partial charge is 0.395 e. The predicted molar refractivity (Wildman–Crippen MR) is 170 cm³/mol. The number of carbonyl (C=O) groups excluding carboxylic acids is 1. The first-order valence-corrected chi connectivity index (χ1v) is 14.8. The van der Waals surface area contributed by atoms with Crippen LogP contribution in [0.1, 0.15) is 42.0 Å². The van der Waals surface area contributed by atoms with Crippen LogP contribution in [0.5, 0.6) is 0 Å². The van der Waals surface area contributed by atoms with E-state index in [0.717, 1.165) is 48.2 Å². The number of piperidine rings is 1. The molecule has 12 heteroatoms. The lowest BCUT2D eigenvalue weighted by Crippen LogP contribution is -2.40. The predicted octanol–water partition coefficient (Wildman–Crippen LogP) is 3.43. The number of rotatable bonds is 9. The van der Waals surface area contributed by atoms with E-state index in [4.69, 9.17) is 15.7 Å². The lowest BCUT2D eigenvalue weighted by molar-refractivity contribution is 0.0935.